The summed E-state index contributed by atoms with van der Waals surface area (Å²) in [5.41, 5.74) is 0.990. The van der Waals surface area contributed by atoms with Gasteiger partial charge in [-0.25, -0.2) is 0 Å². The minimum absolute atomic E-state index is 0.178. The predicted octanol–water partition coefficient (Wildman–Crippen LogP) is 1.54. The minimum atomic E-state index is -0.192. The number of anilines is 1. The second-order valence-corrected chi connectivity index (χ2v) is 4.27. The summed E-state index contributed by atoms with van der Waals surface area (Å²) >= 11 is 0. The van der Waals surface area contributed by atoms with Crippen LogP contribution in [-0.4, -0.2) is 31.4 Å². The van der Waals surface area contributed by atoms with E-state index in [9.17, 15) is 9.59 Å². The van der Waals surface area contributed by atoms with Crippen LogP contribution in [0.3, 0.4) is 0 Å². The normalized spacial score (nSPS) is 9.85. The lowest BCUT2D eigenvalue weighted by Gasteiger charge is -2.11. The molecule has 0 unspecified atom stereocenters. The van der Waals surface area contributed by atoms with Crippen LogP contribution < -0.4 is 16.0 Å². The Balaban J connectivity index is 2.67. The SMILES string of the molecule is C=CCNCC(=O)Nc1ccccc1C(=O)NCCC. The smallest absolute Gasteiger partial charge is 0.253 e. The third-order valence-electron chi connectivity index (χ3n) is 2.56. The van der Waals surface area contributed by atoms with E-state index in [1.165, 1.54) is 0 Å². The molecule has 0 aliphatic carbocycles. The average molecular weight is 275 g/mol. The zero-order valence-corrected chi connectivity index (χ0v) is 11.7. The molecule has 108 valence electrons. The number of hydrogen-bond acceptors (Lipinski definition) is 3. The topological polar surface area (TPSA) is 70.2 Å². The fraction of sp³-hybridized carbons (Fsp3) is 0.333. The molecular weight excluding hydrogens is 254 g/mol. The lowest BCUT2D eigenvalue weighted by atomic mass is 10.1. The Morgan fingerprint density at radius 3 is 2.75 bits per heavy atom. The summed E-state index contributed by atoms with van der Waals surface area (Å²) in [5, 5.41) is 8.43. The fourth-order valence-electron chi connectivity index (χ4n) is 1.61. The maximum atomic E-state index is 12.0. The van der Waals surface area contributed by atoms with Gasteiger partial charge in [0, 0.05) is 13.1 Å². The fourth-order valence-corrected chi connectivity index (χ4v) is 1.61. The summed E-state index contributed by atoms with van der Waals surface area (Å²) in [6.07, 6.45) is 2.55. The summed E-state index contributed by atoms with van der Waals surface area (Å²) in [4.78, 5) is 23.7. The van der Waals surface area contributed by atoms with Crippen molar-refractivity contribution >= 4 is 17.5 Å². The Hall–Kier alpha value is -2.14. The number of carbonyl (C=O) groups excluding carboxylic acids is 2. The van der Waals surface area contributed by atoms with Gasteiger partial charge in [0.05, 0.1) is 17.8 Å². The first kappa shape index (κ1) is 15.9. The van der Waals surface area contributed by atoms with Crippen LogP contribution in [-0.2, 0) is 4.79 Å². The number of benzene rings is 1. The van der Waals surface area contributed by atoms with Crippen LogP contribution in [0.2, 0.25) is 0 Å². The van der Waals surface area contributed by atoms with E-state index in [0.717, 1.165) is 6.42 Å². The van der Waals surface area contributed by atoms with E-state index in [4.69, 9.17) is 0 Å². The molecule has 0 atom stereocenters. The van der Waals surface area contributed by atoms with E-state index >= 15 is 0 Å². The largest absolute Gasteiger partial charge is 0.352 e. The molecule has 0 fully saturated rings. The summed E-state index contributed by atoms with van der Waals surface area (Å²) in [5.74, 6) is -0.371. The van der Waals surface area contributed by atoms with Crippen molar-refractivity contribution in [3.8, 4) is 0 Å². The molecule has 2 amide bonds. The molecule has 0 radical (unpaired) electrons. The molecule has 1 aromatic rings. The highest BCUT2D eigenvalue weighted by molar-refractivity contribution is 6.04. The van der Waals surface area contributed by atoms with Crippen LogP contribution in [0.1, 0.15) is 23.7 Å². The molecule has 0 aliphatic heterocycles. The molecular formula is C15H21N3O2. The molecule has 20 heavy (non-hydrogen) atoms. The second kappa shape index (κ2) is 8.87. The lowest BCUT2D eigenvalue weighted by molar-refractivity contribution is -0.115. The van der Waals surface area contributed by atoms with Gasteiger partial charge in [-0.2, -0.15) is 0 Å². The van der Waals surface area contributed by atoms with Gasteiger partial charge in [0.1, 0.15) is 0 Å². The Bertz CT molecular complexity index is 472. The maximum absolute atomic E-state index is 12.0. The second-order valence-electron chi connectivity index (χ2n) is 4.27. The number of carbonyl (C=O) groups is 2. The number of amides is 2. The van der Waals surface area contributed by atoms with Gasteiger partial charge in [-0.1, -0.05) is 25.1 Å². The van der Waals surface area contributed by atoms with Crippen LogP contribution in [0.25, 0.3) is 0 Å². The van der Waals surface area contributed by atoms with Crippen LogP contribution in [0, 0.1) is 0 Å². The monoisotopic (exact) mass is 275 g/mol. The van der Waals surface area contributed by atoms with Gasteiger partial charge in [0.15, 0.2) is 0 Å². The van der Waals surface area contributed by atoms with Crippen molar-refractivity contribution in [2.75, 3.05) is 25.0 Å². The van der Waals surface area contributed by atoms with Crippen LogP contribution in [0.4, 0.5) is 5.69 Å². The first-order valence-electron chi connectivity index (χ1n) is 6.67. The molecule has 0 saturated heterocycles. The van der Waals surface area contributed by atoms with E-state index in [1.807, 2.05) is 6.92 Å². The summed E-state index contributed by atoms with van der Waals surface area (Å²) in [6, 6.07) is 6.96. The molecule has 0 aliphatic rings. The predicted molar refractivity (Wildman–Crippen MR) is 80.8 cm³/mol. The van der Waals surface area contributed by atoms with Gasteiger partial charge in [0.2, 0.25) is 5.91 Å². The Morgan fingerprint density at radius 2 is 2.05 bits per heavy atom. The zero-order valence-electron chi connectivity index (χ0n) is 11.7. The van der Waals surface area contributed by atoms with Crippen molar-refractivity contribution in [2.24, 2.45) is 0 Å². The number of para-hydroxylation sites is 1. The lowest BCUT2D eigenvalue weighted by Crippen LogP contribution is -2.30. The first-order valence-corrected chi connectivity index (χ1v) is 6.67. The highest BCUT2D eigenvalue weighted by Crippen LogP contribution is 2.14. The van der Waals surface area contributed by atoms with Crippen molar-refractivity contribution in [2.45, 2.75) is 13.3 Å². The van der Waals surface area contributed by atoms with E-state index in [0.29, 0.717) is 24.3 Å². The highest BCUT2D eigenvalue weighted by atomic mass is 16.2. The Morgan fingerprint density at radius 1 is 1.30 bits per heavy atom. The molecule has 5 heteroatoms. The van der Waals surface area contributed by atoms with Crippen molar-refractivity contribution < 1.29 is 9.59 Å². The van der Waals surface area contributed by atoms with Gasteiger partial charge >= 0.3 is 0 Å². The van der Waals surface area contributed by atoms with Crippen molar-refractivity contribution in [1.29, 1.82) is 0 Å². The molecule has 3 N–H and O–H groups in total. The van der Waals surface area contributed by atoms with Crippen LogP contribution in [0.5, 0.6) is 0 Å². The Labute approximate surface area is 119 Å². The summed E-state index contributed by atoms with van der Waals surface area (Å²) in [7, 11) is 0. The van der Waals surface area contributed by atoms with Gasteiger partial charge in [-0.15, -0.1) is 6.58 Å². The van der Waals surface area contributed by atoms with E-state index in [2.05, 4.69) is 22.5 Å². The molecule has 0 aromatic heterocycles. The van der Waals surface area contributed by atoms with Gasteiger partial charge < -0.3 is 16.0 Å². The van der Waals surface area contributed by atoms with E-state index in [-0.39, 0.29) is 18.4 Å². The van der Waals surface area contributed by atoms with Crippen molar-refractivity contribution in [3.63, 3.8) is 0 Å². The molecule has 0 heterocycles. The van der Waals surface area contributed by atoms with Gasteiger partial charge in [0.25, 0.3) is 5.91 Å². The zero-order chi connectivity index (χ0) is 14.8. The molecule has 5 nitrogen and oxygen atoms in total. The van der Waals surface area contributed by atoms with E-state index in [1.54, 1.807) is 30.3 Å². The molecule has 0 spiro atoms. The quantitative estimate of drug-likeness (QED) is 0.498. The highest BCUT2D eigenvalue weighted by Gasteiger charge is 2.11. The minimum Gasteiger partial charge on any atom is -0.352 e. The number of hydrogen-bond donors (Lipinski definition) is 3. The third-order valence-corrected chi connectivity index (χ3v) is 2.56. The summed E-state index contributed by atoms with van der Waals surface area (Å²) < 4.78 is 0. The molecule has 1 aromatic carbocycles. The van der Waals surface area contributed by atoms with Crippen molar-refractivity contribution in [3.05, 3.63) is 42.5 Å². The molecule has 0 bridgehead atoms. The van der Waals surface area contributed by atoms with Gasteiger partial charge in [-0.05, 0) is 18.6 Å². The van der Waals surface area contributed by atoms with Crippen molar-refractivity contribution in [1.82, 2.24) is 10.6 Å². The third kappa shape index (κ3) is 5.24. The first-order chi connectivity index (χ1) is 9.69. The number of nitrogens with one attached hydrogen (secondary N) is 3. The van der Waals surface area contributed by atoms with Crippen LogP contribution in [0.15, 0.2) is 36.9 Å². The standard InChI is InChI=1S/C15H21N3O2/c1-3-9-16-11-14(19)18-13-8-6-5-7-12(13)15(20)17-10-4-2/h3,5-8,16H,1,4,9-11H2,2H3,(H,17,20)(H,18,19). The van der Waals surface area contributed by atoms with Gasteiger partial charge in [-0.3, -0.25) is 9.59 Å². The maximum Gasteiger partial charge on any atom is 0.253 e. The molecule has 1 rings (SSSR count). The molecule has 0 saturated carbocycles. The Kier molecular flexibility index (Phi) is 7.06. The van der Waals surface area contributed by atoms with E-state index < -0.39 is 0 Å². The average Bonchev–Trinajstić information content (AvgIpc) is 2.45. The summed E-state index contributed by atoms with van der Waals surface area (Å²) in [6.45, 7) is 6.90. The number of rotatable bonds is 8. The van der Waals surface area contributed by atoms with Crippen LogP contribution >= 0.6 is 0 Å².